The molecule has 1 aromatic heterocycles. The van der Waals surface area contributed by atoms with E-state index in [9.17, 15) is 13.2 Å². The van der Waals surface area contributed by atoms with Crippen LogP contribution in [-0.2, 0) is 6.18 Å². The number of rotatable bonds is 0. The van der Waals surface area contributed by atoms with Gasteiger partial charge in [-0.15, -0.1) is 0 Å². The van der Waals surface area contributed by atoms with E-state index in [0.717, 1.165) is 6.07 Å². The van der Waals surface area contributed by atoms with E-state index < -0.39 is 11.9 Å². The summed E-state index contributed by atoms with van der Waals surface area (Å²) in [5.41, 5.74) is 0.228. The van der Waals surface area contributed by atoms with Crippen molar-refractivity contribution in [3.63, 3.8) is 0 Å². The van der Waals surface area contributed by atoms with Crippen molar-refractivity contribution < 1.29 is 17.6 Å². The summed E-state index contributed by atoms with van der Waals surface area (Å²) in [4.78, 5) is 0. The maximum absolute atomic E-state index is 12.2. The number of alkyl halides is 3. The SMILES string of the molecule is FC(F)(F)c1cc2ccc(Br)cc2o1. The van der Waals surface area contributed by atoms with Crippen molar-refractivity contribution in [2.45, 2.75) is 6.18 Å². The third-order valence-corrected chi connectivity index (χ3v) is 2.25. The normalized spacial score (nSPS) is 12.3. The molecule has 0 N–H and O–H groups in total. The van der Waals surface area contributed by atoms with E-state index in [1.165, 1.54) is 6.07 Å². The van der Waals surface area contributed by atoms with Gasteiger partial charge < -0.3 is 4.42 Å². The fraction of sp³-hybridized carbons (Fsp3) is 0.111. The van der Waals surface area contributed by atoms with Crippen molar-refractivity contribution in [2.75, 3.05) is 0 Å². The summed E-state index contributed by atoms with van der Waals surface area (Å²) in [7, 11) is 0. The first kappa shape index (κ1) is 9.58. The lowest BCUT2D eigenvalue weighted by atomic mass is 10.2. The van der Waals surface area contributed by atoms with Crippen LogP contribution in [0.4, 0.5) is 13.2 Å². The second-order valence-electron chi connectivity index (χ2n) is 2.79. The molecule has 0 saturated heterocycles. The third-order valence-electron chi connectivity index (χ3n) is 1.76. The van der Waals surface area contributed by atoms with Crippen molar-refractivity contribution in [3.8, 4) is 0 Å². The van der Waals surface area contributed by atoms with Crippen molar-refractivity contribution in [3.05, 3.63) is 34.5 Å². The maximum Gasteiger partial charge on any atom is 0.449 e. The molecule has 2 rings (SSSR count). The van der Waals surface area contributed by atoms with Gasteiger partial charge in [-0.25, -0.2) is 0 Å². The molecule has 5 heteroatoms. The largest absolute Gasteiger partial charge is 0.451 e. The van der Waals surface area contributed by atoms with Crippen LogP contribution in [0.25, 0.3) is 11.0 Å². The molecule has 0 bridgehead atoms. The fourth-order valence-corrected chi connectivity index (χ4v) is 1.48. The second kappa shape index (κ2) is 3.02. The zero-order valence-corrected chi connectivity index (χ0v) is 8.32. The monoisotopic (exact) mass is 264 g/mol. The molecule has 1 aromatic carbocycles. The van der Waals surface area contributed by atoms with E-state index in [1.807, 2.05) is 0 Å². The summed E-state index contributed by atoms with van der Waals surface area (Å²) in [6.07, 6.45) is -4.43. The maximum atomic E-state index is 12.2. The minimum absolute atomic E-state index is 0.228. The number of fused-ring (bicyclic) bond motifs is 1. The van der Waals surface area contributed by atoms with Gasteiger partial charge in [0.2, 0.25) is 5.76 Å². The standard InChI is InChI=1S/C9H4BrF3O/c10-6-2-1-5-3-8(9(11,12)13)14-7(5)4-6/h1-4H. The molecule has 0 saturated carbocycles. The molecule has 0 fully saturated rings. The molecule has 1 nitrogen and oxygen atoms in total. The molecule has 0 radical (unpaired) electrons. The van der Waals surface area contributed by atoms with Gasteiger partial charge in [-0.05, 0) is 24.3 Å². The summed E-state index contributed by atoms with van der Waals surface area (Å²) in [5.74, 6) is -0.967. The Bertz CT molecular complexity index is 472. The van der Waals surface area contributed by atoms with Crippen molar-refractivity contribution in [1.29, 1.82) is 0 Å². The molecule has 0 amide bonds. The highest BCUT2D eigenvalue weighted by Crippen LogP contribution is 2.34. The quantitative estimate of drug-likeness (QED) is 0.695. The van der Waals surface area contributed by atoms with Gasteiger partial charge in [0.1, 0.15) is 5.58 Å². The lowest BCUT2D eigenvalue weighted by Gasteiger charge is -1.98. The lowest BCUT2D eigenvalue weighted by Crippen LogP contribution is -2.01. The Balaban J connectivity index is 2.63. The lowest BCUT2D eigenvalue weighted by molar-refractivity contribution is -0.152. The summed E-state index contributed by atoms with van der Waals surface area (Å²) in [6, 6.07) is 5.72. The molecule has 0 aliphatic heterocycles. The Kier molecular flexibility index (Phi) is 2.06. The fourth-order valence-electron chi connectivity index (χ4n) is 1.14. The molecule has 0 atom stereocenters. The first-order valence-electron chi connectivity index (χ1n) is 3.73. The van der Waals surface area contributed by atoms with Crippen LogP contribution < -0.4 is 0 Å². The van der Waals surface area contributed by atoms with Gasteiger partial charge >= 0.3 is 6.18 Å². The summed E-state index contributed by atoms with van der Waals surface area (Å²) in [6.45, 7) is 0. The highest BCUT2D eigenvalue weighted by molar-refractivity contribution is 9.10. The first-order valence-corrected chi connectivity index (χ1v) is 4.52. The average molecular weight is 265 g/mol. The van der Waals surface area contributed by atoms with E-state index in [-0.39, 0.29) is 5.58 Å². The number of hydrogen-bond donors (Lipinski definition) is 0. The third kappa shape index (κ3) is 1.64. The predicted molar refractivity (Wildman–Crippen MR) is 48.9 cm³/mol. The number of halogens is 4. The molecular weight excluding hydrogens is 261 g/mol. The molecule has 0 spiro atoms. The highest BCUT2D eigenvalue weighted by Gasteiger charge is 2.35. The van der Waals surface area contributed by atoms with Crippen LogP contribution in [0, 0.1) is 0 Å². The minimum atomic E-state index is -4.43. The van der Waals surface area contributed by atoms with Crippen LogP contribution >= 0.6 is 15.9 Å². The molecule has 0 unspecified atom stereocenters. The Hall–Kier alpha value is -0.970. The Morgan fingerprint density at radius 2 is 1.86 bits per heavy atom. The minimum Gasteiger partial charge on any atom is -0.451 e. The van der Waals surface area contributed by atoms with Crippen molar-refractivity contribution in [1.82, 2.24) is 0 Å². The van der Waals surface area contributed by atoms with E-state index >= 15 is 0 Å². The average Bonchev–Trinajstić information content (AvgIpc) is 2.45. The zero-order chi connectivity index (χ0) is 10.3. The molecular formula is C9H4BrF3O. The number of benzene rings is 1. The topological polar surface area (TPSA) is 13.1 Å². The second-order valence-corrected chi connectivity index (χ2v) is 3.71. The van der Waals surface area contributed by atoms with Crippen molar-refractivity contribution in [2.24, 2.45) is 0 Å². The van der Waals surface area contributed by atoms with Gasteiger partial charge in [0.25, 0.3) is 0 Å². The smallest absolute Gasteiger partial charge is 0.449 e. The van der Waals surface area contributed by atoms with Gasteiger partial charge in [0.05, 0.1) is 0 Å². The highest BCUT2D eigenvalue weighted by atomic mass is 79.9. The van der Waals surface area contributed by atoms with Gasteiger partial charge in [-0.1, -0.05) is 15.9 Å². The van der Waals surface area contributed by atoms with Crippen LogP contribution in [0.15, 0.2) is 33.2 Å². The van der Waals surface area contributed by atoms with Gasteiger partial charge in [0, 0.05) is 9.86 Å². The van der Waals surface area contributed by atoms with E-state index in [0.29, 0.717) is 9.86 Å². The molecule has 2 aromatic rings. The zero-order valence-electron chi connectivity index (χ0n) is 6.73. The number of furan rings is 1. The van der Waals surface area contributed by atoms with Crippen molar-refractivity contribution >= 4 is 26.9 Å². The van der Waals surface area contributed by atoms with Gasteiger partial charge in [-0.2, -0.15) is 13.2 Å². The Morgan fingerprint density at radius 3 is 2.50 bits per heavy atom. The molecule has 0 aliphatic rings. The van der Waals surface area contributed by atoms with Crippen LogP contribution in [0.1, 0.15) is 5.76 Å². The Morgan fingerprint density at radius 1 is 1.14 bits per heavy atom. The van der Waals surface area contributed by atoms with Crippen LogP contribution in [0.2, 0.25) is 0 Å². The molecule has 14 heavy (non-hydrogen) atoms. The summed E-state index contributed by atoms with van der Waals surface area (Å²) >= 11 is 3.15. The van der Waals surface area contributed by atoms with Gasteiger partial charge in [0.15, 0.2) is 0 Å². The van der Waals surface area contributed by atoms with Crippen LogP contribution in [0.5, 0.6) is 0 Å². The number of hydrogen-bond acceptors (Lipinski definition) is 1. The molecule has 0 aliphatic carbocycles. The van der Waals surface area contributed by atoms with Gasteiger partial charge in [-0.3, -0.25) is 0 Å². The summed E-state index contributed by atoms with van der Waals surface area (Å²) in [5, 5.41) is 0.445. The summed E-state index contributed by atoms with van der Waals surface area (Å²) < 4.78 is 42.0. The molecule has 74 valence electrons. The van der Waals surface area contributed by atoms with E-state index in [2.05, 4.69) is 20.3 Å². The Labute approximate surface area is 85.6 Å². The van der Waals surface area contributed by atoms with Crippen LogP contribution in [-0.4, -0.2) is 0 Å². The van der Waals surface area contributed by atoms with Crippen LogP contribution in [0.3, 0.4) is 0 Å². The first-order chi connectivity index (χ1) is 6.47. The van der Waals surface area contributed by atoms with E-state index in [1.54, 1.807) is 12.1 Å². The van der Waals surface area contributed by atoms with E-state index in [4.69, 9.17) is 0 Å². The molecule has 1 heterocycles. The predicted octanol–water partition coefficient (Wildman–Crippen LogP) is 4.21.